The van der Waals surface area contributed by atoms with Crippen molar-refractivity contribution in [3.63, 3.8) is 0 Å². The van der Waals surface area contributed by atoms with E-state index in [9.17, 15) is 0 Å². The van der Waals surface area contributed by atoms with Gasteiger partial charge >= 0.3 is 0 Å². The lowest BCUT2D eigenvalue weighted by molar-refractivity contribution is 0.102. The van der Waals surface area contributed by atoms with E-state index in [-0.39, 0.29) is 0 Å². The minimum atomic E-state index is 0.758. The number of hydrogen-bond donors (Lipinski definition) is 1. The lowest BCUT2D eigenvalue weighted by Gasteiger charge is -2.47. The summed E-state index contributed by atoms with van der Waals surface area (Å²) >= 11 is 0. The highest BCUT2D eigenvalue weighted by Crippen LogP contribution is 2.50. The molecule has 0 bridgehead atoms. The molecule has 0 saturated carbocycles. The molecule has 2 heterocycles. The summed E-state index contributed by atoms with van der Waals surface area (Å²) in [5.74, 6) is 2.36. The topological polar surface area (TPSA) is 15.3 Å². The number of piperidine rings is 1. The van der Waals surface area contributed by atoms with Crippen molar-refractivity contribution in [1.82, 2.24) is 4.90 Å². The van der Waals surface area contributed by atoms with Crippen LogP contribution in [0.4, 0.5) is 5.69 Å². The highest BCUT2D eigenvalue weighted by Gasteiger charge is 2.42. The predicted octanol–water partition coefficient (Wildman–Crippen LogP) is 3.02. The number of likely N-dealkylation sites (N-methyl/N-ethyl adjacent to an activating group) is 1. The van der Waals surface area contributed by atoms with E-state index in [0.29, 0.717) is 0 Å². The third-order valence-electron chi connectivity index (χ3n) is 5.30. The maximum Gasteiger partial charge on any atom is 0.0379 e. The number of hydrogen-bond acceptors (Lipinski definition) is 2. The van der Waals surface area contributed by atoms with Gasteiger partial charge in [-0.1, -0.05) is 19.1 Å². The second-order valence-corrected chi connectivity index (χ2v) is 6.58. The van der Waals surface area contributed by atoms with E-state index in [1.54, 1.807) is 11.1 Å². The molecule has 18 heavy (non-hydrogen) atoms. The Hall–Kier alpha value is -1.02. The molecule has 1 N–H and O–H groups in total. The Morgan fingerprint density at radius 3 is 3.06 bits per heavy atom. The molecule has 1 aromatic carbocycles. The van der Waals surface area contributed by atoms with E-state index in [4.69, 9.17) is 0 Å². The minimum absolute atomic E-state index is 0.758. The van der Waals surface area contributed by atoms with Crippen molar-refractivity contribution < 1.29 is 0 Å². The van der Waals surface area contributed by atoms with Crippen molar-refractivity contribution in [2.24, 2.45) is 5.92 Å². The van der Waals surface area contributed by atoms with Crippen molar-refractivity contribution >= 4 is 5.69 Å². The van der Waals surface area contributed by atoms with Crippen LogP contribution >= 0.6 is 0 Å². The number of anilines is 1. The Morgan fingerprint density at radius 1 is 1.28 bits per heavy atom. The number of fused-ring (bicyclic) bond motifs is 2. The van der Waals surface area contributed by atoms with Crippen LogP contribution in [0.25, 0.3) is 0 Å². The summed E-state index contributed by atoms with van der Waals surface area (Å²) in [6, 6.07) is 7.66. The van der Waals surface area contributed by atoms with Gasteiger partial charge in [0, 0.05) is 36.7 Å². The van der Waals surface area contributed by atoms with Crippen molar-refractivity contribution in [3.05, 3.63) is 29.3 Å². The van der Waals surface area contributed by atoms with Gasteiger partial charge in [0.2, 0.25) is 0 Å². The van der Waals surface area contributed by atoms with E-state index in [2.05, 4.69) is 42.4 Å². The molecule has 0 aromatic heterocycles. The highest BCUT2D eigenvalue weighted by molar-refractivity contribution is 5.63. The quantitative estimate of drug-likeness (QED) is 0.752. The molecule has 4 atom stereocenters. The molecule has 2 aliphatic heterocycles. The zero-order valence-corrected chi connectivity index (χ0v) is 11.3. The first-order valence-corrected chi connectivity index (χ1v) is 7.31. The number of benzene rings is 1. The van der Waals surface area contributed by atoms with Crippen LogP contribution in [0.3, 0.4) is 0 Å². The molecule has 1 fully saturated rings. The van der Waals surface area contributed by atoms with Crippen LogP contribution in [-0.2, 0) is 0 Å². The van der Waals surface area contributed by atoms with Crippen LogP contribution in [0.15, 0.2) is 18.2 Å². The minimum Gasteiger partial charge on any atom is -0.384 e. The first kappa shape index (κ1) is 10.9. The third-order valence-corrected chi connectivity index (χ3v) is 5.30. The van der Waals surface area contributed by atoms with Crippen molar-refractivity contribution in [2.75, 3.05) is 25.5 Å². The standard InChI is InChI=1S/C16H22N2/c1-10-6-13-12-4-3-5-14-16(12)11(8-17-14)7-15(13)18(2)9-10/h3-5,10-11,13,15,17H,6-9H2,1-2H3/t10?,11-,13-,15-/m1/s1. The average Bonchev–Trinajstić information content (AvgIpc) is 2.76. The van der Waals surface area contributed by atoms with Gasteiger partial charge in [-0.05, 0) is 43.0 Å². The van der Waals surface area contributed by atoms with Crippen LogP contribution in [0.2, 0.25) is 0 Å². The fraction of sp³-hybridized carbons (Fsp3) is 0.625. The summed E-state index contributed by atoms with van der Waals surface area (Å²) in [6.07, 6.45) is 2.73. The Bertz CT molecular complexity index is 482. The first-order chi connectivity index (χ1) is 8.74. The summed E-state index contributed by atoms with van der Waals surface area (Å²) in [5.41, 5.74) is 4.72. The molecule has 0 spiro atoms. The molecule has 1 saturated heterocycles. The van der Waals surface area contributed by atoms with E-state index >= 15 is 0 Å². The van der Waals surface area contributed by atoms with Gasteiger partial charge in [0.1, 0.15) is 0 Å². The Labute approximate surface area is 109 Å². The molecule has 2 nitrogen and oxygen atoms in total. The fourth-order valence-electron chi connectivity index (χ4n) is 4.62. The number of nitrogens with zero attached hydrogens (tertiary/aromatic N) is 1. The van der Waals surface area contributed by atoms with Crippen LogP contribution in [0.1, 0.15) is 42.7 Å². The molecule has 0 radical (unpaired) electrons. The summed E-state index contributed by atoms with van der Waals surface area (Å²) in [5, 5.41) is 3.60. The molecule has 2 heteroatoms. The number of likely N-dealkylation sites (tertiary alicyclic amines) is 1. The largest absolute Gasteiger partial charge is 0.384 e. The van der Waals surface area contributed by atoms with Gasteiger partial charge in [-0.25, -0.2) is 0 Å². The van der Waals surface area contributed by atoms with Gasteiger partial charge in [-0.15, -0.1) is 0 Å². The van der Waals surface area contributed by atoms with Crippen molar-refractivity contribution in [3.8, 4) is 0 Å². The van der Waals surface area contributed by atoms with Crippen LogP contribution in [-0.4, -0.2) is 31.1 Å². The number of rotatable bonds is 0. The Balaban J connectivity index is 1.83. The molecule has 1 aromatic rings. The number of nitrogens with one attached hydrogen (secondary N) is 1. The van der Waals surface area contributed by atoms with Gasteiger partial charge < -0.3 is 10.2 Å². The molecule has 4 rings (SSSR count). The first-order valence-electron chi connectivity index (χ1n) is 7.31. The zero-order valence-electron chi connectivity index (χ0n) is 11.3. The predicted molar refractivity (Wildman–Crippen MR) is 75.2 cm³/mol. The second kappa shape index (κ2) is 3.74. The summed E-state index contributed by atoms with van der Waals surface area (Å²) in [6.45, 7) is 4.83. The summed E-state index contributed by atoms with van der Waals surface area (Å²) in [7, 11) is 2.32. The van der Waals surface area contributed by atoms with Gasteiger partial charge in [0.05, 0.1) is 0 Å². The van der Waals surface area contributed by atoms with Crippen LogP contribution in [0.5, 0.6) is 0 Å². The van der Waals surface area contributed by atoms with E-state index < -0.39 is 0 Å². The smallest absolute Gasteiger partial charge is 0.0379 e. The summed E-state index contributed by atoms with van der Waals surface area (Å²) in [4.78, 5) is 2.62. The van der Waals surface area contributed by atoms with Gasteiger partial charge in [0.25, 0.3) is 0 Å². The second-order valence-electron chi connectivity index (χ2n) is 6.58. The maximum atomic E-state index is 3.60. The monoisotopic (exact) mass is 242 g/mol. The normalized spacial score (nSPS) is 37.9. The fourth-order valence-corrected chi connectivity index (χ4v) is 4.62. The van der Waals surface area contributed by atoms with Crippen LogP contribution < -0.4 is 5.32 Å². The van der Waals surface area contributed by atoms with Crippen molar-refractivity contribution in [2.45, 2.75) is 37.6 Å². The van der Waals surface area contributed by atoms with Gasteiger partial charge in [0.15, 0.2) is 0 Å². The Morgan fingerprint density at radius 2 is 2.17 bits per heavy atom. The summed E-state index contributed by atoms with van der Waals surface area (Å²) < 4.78 is 0. The maximum absolute atomic E-state index is 3.60. The SMILES string of the molecule is CC1C[C@@H]2c3cccc4c3[C@@H](CN4)C[C@H]2N(C)C1. The molecule has 96 valence electrons. The zero-order chi connectivity index (χ0) is 12.3. The molecule has 1 aliphatic carbocycles. The van der Waals surface area contributed by atoms with E-state index in [0.717, 1.165) is 30.3 Å². The highest BCUT2D eigenvalue weighted by atomic mass is 15.1. The van der Waals surface area contributed by atoms with E-state index in [1.807, 2.05) is 0 Å². The lowest BCUT2D eigenvalue weighted by atomic mass is 9.69. The molecular formula is C16H22N2. The molecule has 1 unspecified atom stereocenters. The van der Waals surface area contributed by atoms with Gasteiger partial charge in [-0.2, -0.15) is 0 Å². The van der Waals surface area contributed by atoms with Crippen LogP contribution in [0, 0.1) is 5.92 Å². The van der Waals surface area contributed by atoms with E-state index in [1.165, 1.54) is 25.1 Å². The van der Waals surface area contributed by atoms with Crippen molar-refractivity contribution in [1.29, 1.82) is 0 Å². The molecule has 3 aliphatic rings. The third kappa shape index (κ3) is 1.38. The lowest BCUT2D eigenvalue weighted by Crippen LogP contribution is -2.47. The van der Waals surface area contributed by atoms with Gasteiger partial charge in [-0.3, -0.25) is 0 Å². The molecule has 0 amide bonds. The molecular weight excluding hydrogens is 220 g/mol. The Kier molecular flexibility index (Phi) is 2.25. The average molecular weight is 242 g/mol.